The standard InChI is InChI=1S/C20H19ClF4N4O4/c21-17(22)19(31)29(14-1-3-15(4-2-14)33-20(23,24)25)16(12-9-26-11-27-10-12)18(30)28-13-5-7-32-8-6-13/h1-4,9-11,13,16-17H,5-8H2,(H,28,30)/t16-,17+/m1/s1/i16D. The molecule has 0 aliphatic carbocycles. The van der Waals surface area contributed by atoms with Crippen LogP contribution in [0, 0.1) is 0 Å². The highest BCUT2D eigenvalue weighted by molar-refractivity contribution is 6.32. The minimum atomic E-state index is -4.97. The second-order valence-electron chi connectivity index (χ2n) is 6.85. The summed E-state index contributed by atoms with van der Waals surface area (Å²) < 4.78 is 69.7. The molecule has 2 heterocycles. The van der Waals surface area contributed by atoms with Crippen molar-refractivity contribution < 1.29 is 38.0 Å². The Bertz CT molecular complexity index is 994. The normalized spacial score (nSPS) is 17.9. The number of amides is 2. The van der Waals surface area contributed by atoms with E-state index in [0.717, 1.165) is 43.0 Å². The molecule has 0 radical (unpaired) electrons. The summed E-state index contributed by atoms with van der Waals surface area (Å²) in [5, 5.41) is 2.65. The smallest absolute Gasteiger partial charge is 0.406 e. The van der Waals surface area contributed by atoms with Crippen molar-refractivity contribution in [3.05, 3.63) is 48.5 Å². The Hall–Kier alpha value is -2.99. The van der Waals surface area contributed by atoms with Gasteiger partial charge in [0.25, 0.3) is 11.5 Å². The van der Waals surface area contributed by atoms with Crippen molar-refractivity contribution in [1.29, 1.82) is 0 Å². The molecule has 0 unspecified atom stereocenters. The SMILES string of the molecule is [2H][C@](C(=O)NC1CCOCC1)(c1cncnc1)N(C(=O)[C@H](F)Cl)c1ccc(OC(F)(F)F)cc1. The van der Waals surface area contributed by atoms with E-state index in [2.05, 4.69) is 20.0 Å². The van der Waals surface area contributed by atoms with Crippen LogP contribution in [0.25, 0.3) is 0 Å². The average Bonchev–Trinajstić information content (AvgIpc) is 2.80. The fourth-order valence-electron chi connectivity index (χ4n) is 3.14. The Kier molecular flexibility index (Phi) is 7.55. The Morgan fingerprint density at radius 3 is 2.36 bits per heavy atom. The van der Waals surface area contributed by atoms with Gasteiger partial charge in [0.15, 0.2) is 0 Å². The molecule has 178 valence electrons. The summed E-state index contributed by atoms with van der Waals surface area (Å²) in [6.45, 7) is 0.726. The van der Waals surface area contributed by atoms with Gasteiger partial charge >= 0.3 is 6.36 Å². The zero-order valence-electron chi connectivity index (χ0n) is 17.9. The van der Waals surface area contributed by atoms with Gasteiger partial charge in [-0.2, -0.15) is 0 Å². The Balaban J connectivity index is 2.07. The van der Waals surface area contributed by atoms with Crippen LogP contribution in [-0.2, 0) is 14.3 Å². The van der Waals surface area contributed by atoms with Crippen LogP contribution in [-0.4, -0.2) is 53.0 Å². The van der Waals surface area contributed by atoms with E-state index in [1.165, 1.54) is 0 Å². The Labute approximate surface area is 192 Å². The molecule has 3 rings (SSSR count). The van der Waals surface area contributed by atoms with Crippen LogP contribution in [0.3, 0.4) is 0 Å². The minimum absolute atomic E-state index is 0.208. The molecule has 2 aromatic rings. The molecule has 13 heteroatoms. The molecule has 1 saturated heterocycles. The third-order valence-electron chi connectivity index (χ3n) is 4.56. The van der Waals surface area contributed by atoms with Gasteiger partial charge in [-0.1, -0.05) is 11.6 Å². The number of alkyl halides is 5. The summed E-state index contributed by atoms with van der Waals surface area (Å²) >= 11 is 5.39. The van der Waals surface area contributed by atoms with Gasteiger partial charge in [-0.3, -0.25) is 14.5 Å². The number of benzene rings is 1. The van der Waals surface area contributed by atoms with Gasteiger partial charge < -0.3 is 14.8 Å². The topological polar surface area (TPSA) is 93.6 Å². The third kappa shape index (κ3) is 6.75. The predicted molar refractivity (Wildman–Crippen MR) is 108 cm³/mol. The molecule has 1 aliphatic heterocycles. The largest absolute Gasteiger partial charge is 0.573 e. The number of carbonyl (C=O) groups is 2. The Morgan fingerprint density at radius 2 is 1.82 bits per heavy atom. The summed E-state index contributed by atoms with van der Waals surface area (Å²) in [6, 6.07) is 0.570. The van der Waals surface area contributed by atoms with Crippen molar-refractivity contribution in [2.45, 2.75) is 36.9 Å². The summed E-state index contributed by atoms with van der Waals surface area (Å²) in [7, 11) is 0. The average molecular weight is 492 g/mol. The van der Waals surface area contributed by atoms with E-state index < -0.39 is 41.6 Å². The number of nitrogens with zero attached hydrogens (tertiary/aromatic N) is 3. The highest BCUT2D eigenvalue weighted by Gasteiger charge is 2.37. The van der Waals surface area contributed by atoms with Gasteiger partial charge in [0.2, 0.25) is 5.91 Å². The lowest BCUT2D eigenvalue weighted by molar-refractivity contribution is -0.274. The van der Waals surface area contributed by atoms with Gasteiger partial charge in [0.05, 0.1) is 1.37 Å². The number of halogens is 5. The van der Waals surface area contributed by atoms with E-state index in [9.17, 15) is 27.2 Å². The van der Waals surface area contributed by atoms with Crippen molar-refractivity contribution in [2.24, 2.45) is 0 Å². The third-order valence-corrected chi connectivity index (χ3v) is 4.75. The number of rotatable bonds is 7. The molecule has 1 N–H and O–H groups in total. The maximum Gasteiger partial charge on any atom is 0.573 e. The number of hydrogen-bond acceptors (Lipinski definition) is 6. The molecular weight excluding hydrogens is 472 g/mol. The van der Waals surface area contributed by atoms with Gasteiger partial charge in [0.1, 0.15) is 18.1 Å². The highest BCUT2D eigenvalue weighted by Crippen LogP contribution is 2.32. The van der Waals surface area contributed by atoms with Crippen molar-refractivity contribution >= 4 is 29.1 Å². The van der Waals surface area contributed by atoms with E-state index in [0.29, 0.717) is 31.0 Å². The molecule has 0 saturated carbocycles. The van der Waals surface area contributed by atoms with Gasteiger partial charge in [0, 0.05) is 42.9 Å². The molecule has 8 nitrogen and oxygen atoms in total. The van der Waals surface area contributed by atoms with E-state index in [1.807, 2.05) is 0 Å². The maximum atomic E-state index is 14.0. The number of carbonyl (C=O) groups excluding carboxylic acids is 2. The van der Waals surface area contributed by atoms with Crippen LogP contribution in [0.4, 0.5) is 23.2 Å². The summed E-state index contributed by atoms with van der Waals surface area (Å²) in [4.78, 5) is 34.2. The van der Waals surface area contributed by atoms with Crippen LogP contribution in [0.5, 0.6) is 5.75 Å². The number of ether oxygens (including phenoxy) is 2. The van der Waals surface area contributed by atoms with Crippen LogP contribution >= 0.6 is 11.6 Å². The molecule has 2 atom stereocenters. The van der Waals surface area contributed by atoms with Crippen LogP contribution in [0.1, 0.15) is 25.8 Å². The van der Waals surface area contributed by atoms with Crippen LogP contribution in [0.2, 0.25) is 0 Å². The minimum Gasteiger partial charge on any atom is -0.406 e. The molecular formula is C20H19ClF4N4O4. The Morgan fingerprint density at radius 1 is 1.21 bits per heavy atom. The van der Waals surface area contributed by atoms with E-state index >= 15 is 0 Å². The second-order valence-corrected chi connectivity index (χ2v) is 7.24. The highest BCUT2D eigenvalue weighted by atomic mass is 35.5. The first kappa shape index (κ1) is 23.2. The summed E-state index contributed by atoms with van der Waals surface area (Å²) in [5.74, 6) is -3.14. The zero-order valence-corrected chi connectivity index (χ0v) is 17.6. The van der Waals surface area contributed by atoms with E-state index in [1.54, 1.807) is 0 Å². The second kappa shape index (κ2) is 10.8. The lowest BCUT2D eigenvalue weighted by atomic mass is 10.0. The summed E-state index contributed by atoms with van der Waals surface area (Å²) in [6.07, 6.45) is -0.799. The predicted octanol–water partition coefficient (Wildman–Crippen LogP) is 3.28. The number of nitrogens with one attached hydrogen (secondary N) is 1. The molecule has 2 amide bonds. The number of hydrogen-bond donors (Lipinski definition) is 1. The van der Waals surface area contributed by atoms with Crippen molar-refractivity contribution in [2.75, 3.05) is 18.1 Å². The van der Waals surface area contributed by atoms with Crippen molar-refractivity contribution in [3.8, 4) is 5.75 Å². The fraction of sp³-hybridized carbons (Fsp3) is 0.400. The van der Waals surface area contributed by atoms with Crippen molar-refractivity contribution in [1.82, 2.24) is 15.3 Å². The monoisotopic (exact) mass is 491 g/mol. The van der Waals surface area contributed by atoms with Crippen LogP contribution in [0.15, 0.2) is 43.0 Å². The van der Waals surface area contributed by atoms with E-state index in [4.69, 9.17) is 17.7 Å². The first-order valence-electron chi connectivity index (χ1n) is 10.1. The molecule has 1 aliphatic rings. The molecule has 1 fully saturated rings. The van der Waals surface area contributed by atoms with Gasteiger partial charge in [-0.05, 0) is 37.1 Å². The van der Waals surface area contributed by atoms with Gasteiger partial charge in [-0.15, -0.1) is 13.2 Å². The quantitative estimate of drug-likeness (QED) is 0.472. The molecule has 1 aromatic heterocycles. The molecule has 33 heavy (non-hydrogen) atoms. The number of aromatic nitrogens is 2. The van der Waals surface area contributed by atoms with Crippen LogP contribution < -0.4 is 15.0 Å². The molecule has 1 aromatic carbocycles. The maximum absolute atomic E-state index is 14.0. The summed E-state index contributed by atoms with van der Waals surface area (Å²) in [5.41, 5.74) is -3.17. The lowest BCUT2D eigenvalue weighted by Gasteiger charge is -2.33. The zero-order chi connectivity index (χ0) is 24.9. The fourth-order valence-corrected chi connectivity index (χ4v) is 3.24. The first-order chi connectivity index (χ1) is 16.0. The molecule has 0 bridgehead atoms. The molecule has 0 spiro atoms. The first-order valence-corrected chi connectivity index (χ1v) is 10.1. The number of anilines is 1. The van der Waals surface area contributed by atoms with Gasteiger partial charge in [-0.25, -0.2) is 14.4 Å². The van der Waals surface area contributed by atoms with Crippen molar-refractivity contribution in [3.63, 3.8) is 0 Å². The van der Waals surface area contributed by atoms with E-state index in [-0.39, 0.29) is 11.3 Å². The lowest BCUT2D eigenvalue weighted by Crippen LogP contribution is -2.49.